The van der Waals surface area contributed by atoms with Gasteiger partial charge in [-0.05, 0) is 38.8 Å². The van der Waals surface area contributed by atoms with Crippen molar-refractivity contribution in [1.29, 1.82) is 0 Å². The van der Waals surface area contributed by atoms with E-state index in [2.05, 4.69) is 15.6 Å². The number of amides is 1. The normalized spacial score (nSPS) is 19.1. The van der Waals surface area contributed by atoms with Crippen molar-refractivity contribution in [3.63, 3.8) is 0 Å². The smallest absolute Gasteiger partial charge is 0.237 e. The minimum atomic E-state index is -0.197. The van der Waals surface area contributed by atoms with Crippen LogP contribution in [0.15, 0.2) is 24.4 Å². The minimum absolute atomic E-state index is 0.0746. The van der Waals surface area contributed by atoms with Crippen molar-refractivity contribution >= 4 is 5.91 Å². The number of carbonyl (C=O) groups excluding carboxylic acids is 1. The second-order valence-corrected chi connectivity index (χ2v) is 5.35. The molecule has 1 unspecified atom stereocenters. The standard InChI is InChI=1S/C15H23N3O/c1-11(14-9-5-6-10-16-14)17-12(2)15(19)18-13-7-3-4-8-13/h5-6,9-13,17H,3-4,7-8H2,1-2H3,(H,18,19)/t11-,12?/m1/s1. The summed E-state index contributed by atoms with van der Waals surface area (Å²) in [4.78, 5) is 16.4. The Morgan fingerprint density at radius 1 is 1.32 bits per heavy atom. The van der Waals surface area contributed by atoms with E-state index in [1.165, 1.54) is 12.8 Å². The van der Waals surface area contributed by atoms with Crippen LogP contribution >= 0.6 is 0 Å². The van der Waals surface area contributed by atoms with Crippen LogP contribution in [0.2, 0.25) is 0 Å². The fraction of sp³-hybridized carbons (Fsp3) is 0.600. The molecule has 1 saturated carbocycles. The van der Waals surface area contributed by atoms with Gasteiger partial charge in [-0.15, -0.1) is 0 Å². The Morgan fingerprint density at radius 3 is 2.68 bits per heavy atom. The van der Waals surface area contributed by atoms with E-state index in [9.17, 15) is 4.79 Å². The second-order valence-electron chi connectivity index (χ2n) is 5.35. The zero-order valence-electron chi connectivity index (χ0n) is 11.7. The SMILES string of the molecule is CC(N[C@H](C)c1ccccn1)C(=O)NC1CCCC1. The molecule has 2 rings (SSSR count). The average molecular weight is 261 g/mol. The van der Waals surface area contributed by atoms with Crippen LogP contribution in [0.5, 0.6) is 0 Å². The molecule has 2 atom stereocenters. The van der Waals surface area contributed by atoms with Crippen molar-refractivity contribution in [2.45, 2.75) is 57.7 Å². The summed E-state index contributed by atoms with van der Waals surface area (Å²) >= 11 is 0. The van der Waals surface area contributed by atoms with Gasteiger partial charge in [0.25, 0.3) is 0 Å². The summed E-state index contributed by atoms with van der Waals surface area (Å²) in [5.74, 6) is 0.0923. The Kier molecular flexibility index (Phi) is 4.91. The van der Waals surface area contributed by atoms with Gasteiger partial charge in [-0.2, -0.15) is 0 Å². The average Bonchev–Trinajstić information content (AvgIpc) is 2.92. The van der Waals surface area contributed by atoms with Crippen LogP contribution in [0.1, 0.15) is 51.3 Å². The molecule has 104 valence electrons. The van der Waals surface area contributed by atoms with Crippen molar-refractivity contribution < 1.29 is 4.79 Å². The third kappa shape index (κ3) is 4.03. The molecule has 1 heterocycles. The minimum Gasteiger partial charge on any atom is -0.352 e. The van der Waals surface area contributed by atoms with Gasteiger partial charge in [0.2, 0.25) is 5.91 Å². The zero-order chi connectivity index (χ0) is 13.7. The van der Waals surface area contributed by atoms with Crippen LogP contribution in [-0.4, -0.2) is 23.0 Å². The third-order valence-electron chi connectivity index (χ3n) is 3.73. The number of rotatable bonds is 5. The highest BCUT2D eigenvalue weighted by atomic mass is 16.2. The van der Waals surface area contributed by atoms with Gasteiger partial charge in [-0.1, -0.05) is 18.9 Å². The van der Waals surface area contributed by atoms with E-state index in [0.717, 1.165) is 18.5 Å². The second kappa shape index (κ2) is 6.66. The lowest BCUT2D eigenvalue weighted by molar-refractivity contribution is -0.123. The van der Waals surface area contributed by atoms with Crippen LogP contribution in [-0.2, 0) is 4.79 Å². The fourth-order valence-electron chi connectivity index (χ4n) is 2.56. The fourth-order valence-corrected chi connectivity index (χ4v) is 2.56. The molecule has 0 radical (unpaired) electrons. The molecule has 2 N–H and O–H groups in total. The predicted octanol–water partition coefficient (Wildman–Crippen LogP) is 2.18. The molecule has 0 aliphatic heterocycles. The van der Waals surface area contributed by atoms with Crippen LogP contribution < -0.4 is 10.6 Å². The Morgan fingerprint density at radius 2 is 2.05 bits per heavy atom. The summed E-state index contributed by atoms with van der Waals surface area (Å²) in [6.07, 6.45) is 6.48. The molecule has 1 aromatic heterocycles. The molecule has 0 saturated heterocycles. The van der Waals surface area contributed by atoms with E-state index in [1.807, 2.05) is 32.0 Å². The summed E-state index contributed by atoms with van der Waals surface area (Å²) in [7, 11) is 0. The summed E-state index contributed by atoms with van der Waals surface area (Å²) < 4.78 is 0. The van der Waals surface area contributed by atoms with Gasteiger partial charge in [-0.25, -0.2) is 0 Å². The van der Waals surface area contributed by atoms with Crippen LogP contribution in [0.4, 0.5) is 0 Å². The van der Waals surface area contributed by atoms with Crippen LogP contribution in [0.3, 0.4) is 0 Å². The summed E-state index contributed by atoms with van der Waals surface area (Å²) in [6.45, 7) is 3.94. The first-order valence-corrected chi connectivity index (χ1v) is 7.14. The maximum atomic E-state index is 12.1. The molecule has 1 amide bonds. The molecule has 4 nitrogen and oxygen atoms in total. The maximum Gasteiger partial charge on any atom is 0.237 e. The number of nitrogens with one attached hydrogen (secondary N) is 2. The van der Waals surface area contributed by atoms with Crippen molar-refractivity contribution in [1.82, 2.24) is 15.6 Å². The number of hydrogen-bond donors (Lipinski definition) is 2. The quantitative estimate of drug-likeness (QED) is 0.854. The maximum absolute atomic E-state index is 12.1. The molecule has 0 bridgehead atoms. The molecule has 1 aliphatic rings. The third-order valence-corrected chi connectivity index (χ3v) is 3.73. The molecular weight excluding hydrogens is 238 g/mol. The Labute approximate surface area is 115 Å². The lowest BCUT2D eigenvalue weighted by Gasteiger charge is -2.21. The summed E-state index contributed by atoms with van der Waals surface area (Å²) in [5, 5.41) is 6.41. The van der Waals surface area contributed by atoms with Gasteiger partial charge in [0.05, 0.1) is 11.7 Å². The lowest BCUT2D eigenvalue weighted by Crippen LogP contribution is -2.46. The first kappa shape index (κ1) is 14.0. The van der Waals surface area contributed by atoms with Gasteiger partial charge in [-0.3, -0.25) is 15.1 Å². The van der Waals surface area contributed by atoms with E-state index >= 15 is 0 Å². The van der Waals surface area contributed by atoms with Crippen molar-refractivity contribution in [2.24, 2.45) is 0 Å². The van der Waals surface area contributed by atoms with Crippen LogP contribution in [0, 0.1) is 0 Å². The molecule has 0 spiro atoms. The van der Waals surface area contributed by atoms with Crippen LogP contribution in [0.25, 0.3) is 0 Å². The Bertz CT molecular complexity index is 401. The zero-order valence-corrected chi connectivity index (χ0v) is 11.7. The van der Waals surface area contributed by atoms with E-state index in [-0.39, 0.29) is 18.0 Å². The highest BCUT2D eigenvalue weighted by molar-refractivity contribution is 5.81. The molecule has 4 heteroatoms. The summed E-state index contributed by atoms with van der Waals surface area (Å²) in [5.41, 5.74) is 0.961. The van der Waals surface area contributed by atoms with Crippen molar-refractivity contribution in [3.8, 4) is 0 Å². The largest absolute Gasteiger partial charge is 0.352 e. The first-order chi connectivity index (χ1) is 9.16. The van der Waals surface area contributed by atoms with Gasteiger partial charge < -0.3 is 5.32 Å². The molecule has 1 aliphatic carbocycles. The topological polar surface area (TPSA) is 54.0 Å². The van der Waals surface area contributed by atoms with Gasteiger partial charge in [0.1, 0.15) is 0 Å². The van der Waals surface area contributed by atoms with E-state index < -0.39 is 0 Å². The summed E-state index contributed by atoms with van der Waals surface area (Å²) in [6, 6.07) is 6.08. The lowest BCUT2D eigenvalue weighted by atomic mass is 10.1. The number of carbonyl (C=O) groups is 1. The molecule has 19 heavy (non-hydrogen) atoms. The number of aromatic nitrogens is 1. The van der Waals surface area contributed by atoms with Crippen molar-refractivity contribution in [2.75, 3.05) is 0 Å². The first-order valence-electron chi connectivity index (χ1n) is 7.14. The monoisotopic (exact) mass is 261 g/mol. The van der Waals surface area contributed by atoms with Gasteiger partial charge in [0, 0.05) is 18.3 Å². The number of pyridine rings is 1. The van der Waals surface area contributed by atoms with Gasteiger partial charge >= 0.3 is 0 Å². The Balaban J connectivity index is 1.82. The highest BCUT2D eigenvalue weighted by Gasteiger charge is 2.21. The molecule has 0 aromatic carbocycles. The molecule has 1 fully saturated rings. The molecular formula is C15H23N3O. The Hall–Kier alpha value is -1.42. The van der Waals surface area contributed by atoms with E-state index in [1.54, 1.807) is 6.20 Å². The predicted molar refractivity (Wildman–Crippen MR) is 75.6 cm³/mol. The van der Waals surface area contributed by atoms with E-state index in [4.69, 9.17) is 0 Å². The van der Waals surface area contributed by atoms with E-state index in [0.29, 0.717) is 6.04 Å². The molecule has 1 aromatic rings. The number of hydrogen-bond acceptors (Lipinski definition) is 3. The van der Waals surface area contributed by atoms with Crippen molar-refractivity contribution in [3.05, 3.63) is 30.1 Å². The highest BCUT2D eigenvalue weighted by Crippen LogP contribution is 2.17. The van der Waals surface area contributed by atoms with Gasteiger partial charge in [0.15, 0.2) is 0 Å². The number of nitrogens with zero attached hydrogens (tertiary/aromatic N) is 1.